The number of amides is 4. The Labute approximate surface area is 404 Å². The maximum absolute atomic E-state index is 14.7. The summed E-state index contributed by atoms with van der Waals surface area (Å²) in [5, 5.41) is 8.12. The fourth-order valence-corrected chi connectivity index (χ4v) is 10.7. The van der Waals surface area contributed by atoms with Crippen LogP contribution in [-0.4, -0.2) is 143 Å². The Hall–Kier alpha value is -5.49. The van der Waals surface area contributed by atoms with E-state index in [1.165, 1.54) is 21.2 Å². The van der Waals surface area contributed by atoms with Gasteiger partial charge in [-0.1, -0.05) is 39.8 Å². The molecule has 17 heteroatoms. The molecule has 0 saturated carbocycles. The molecule has 6 bridgehead atoms. The first-order chi connectivity index (χ1) is 32.4. The number of methoxy groups -OCH3 is 1. The maximum atomic E-state index is 14.7. The number of likely N-dealkylation sites (tertiary alicyclic amines) is 1. The number of ether oxygens (including phenoxy) is 2. The SMILES string of the molecule is CCn1c(-c2cccnc2[C@H](C)OC)c2c3cc(ccc31)-c1csc(n1)C[C@H](NC(=O)C(C(C)C)N(C)C(=O)[C@H]1CCN(C(=O)/C=C/CN(C)C)C1)C(=O)N1CCC[C@H](N1)C(=O)OCC(C)(C)C2. The summed E-state index contributed by atoms with van der Waals surface area (Å²) in [6, 6.07) is 7.63. The number of aryl methyl sites for hydroxylation is 1. The molecule has 2 saturated heterocycles. The van der Waals surface area contributed by atoms with Gasteiger partial charge in [-0.15, -0.1) is 11.3 Å². The van der Waals surface area contributed by atoms with Crippen molar-refractivity contribution in [1.29, 1.82) is 0 Å². The third-order valence-corrected chi connectivity index (χ3v) is 14.3. The number of hydrogen-bond acceptors (Lipinski definition) is 12. The Morgan fingerprint density at radius 2 is 1.88 bits per heavy atom. The fraction of sp³-hybridized carbons (Fsp3) is 0.549. The number of thiazole rings is 1. The number of carbonyl (C=O) groups is 5. The van der Waals surface area contributed by atoms with E-state index in [1.807, 2.05) is 51.2 Å². The van der Waals surface area contributed by atoms with E-state index >= 15 is 0 Å². The number of pyridine rings is 1. The molecule has 2 fully saturated rings. The number of rotatable bonds is 12. The number of esters is 1. The van der Waals surface area contributed by atoms with Crippen LogP contribution in [-0.2, 0) is 52.8 Å². The topological polar surface area (TPSA) is 172 Å². The Balaban J connectivity index is 1.22. The molecule has 7 rings (SSSR count). The molecule has 4 aromatic rings. The van der Waals surface area contributed by atoms with E-state index < -0.39 is 47.2 Å². The Bertz CT molecular complexity index is 2530. The highest BCUT2D eigenvalue weighted by Gasteiger charge is 2.40. The van der Waals surface area contributed by atoms with Gasteiger partial charge >= 0.3 is 5.97 Å². The predicted molar refractivity (Wildman–Crippen MR) is 263 cm³/mol. The minimum Gasteiger partial charge on any atom is -0.464 e. The van der Waals surface area contributed by atoms with Crippen LogP contribution in [0.5, 0.6) is 0 Å². The van der Waals surface area contributed by atoms with Gasteiger partial charge in [0.25, 0.3) is 5.91 Å². The number of benzene rings is 1. The highest BCUT2D eigenvalue weighted by molar-refractivity contribution is 7.10. The van der Waals surface area contributed by atoms with Crippen LogP contribution >= 0.6 is 11.3 Å². The van der Waals surface area contributed by atoms with Crippen LogP contribution in [0.2, 0.25) is 0 Å². The summed E-state index contributed by atoms with van der Waals surface area (Å²) in [4.78, 5) is 85.1. The average molecular weight is 952 g/mol. The summed E-state index contributed by atoms with van der Waals surface area (Å²) in [6.07, 6.45) is 7.02. The van der Waals surface area contributed by atoms with Crippen molar-refractivity contribution in [2.45, 2.75) is 104 Å². The Morgan fingerprint density at radius 3 is 2.60 bits per heavy atom. The summed E-state index contributed by atoms with van der Waals surface area (Å²) in [5.41, 5.74) is 9.27. The van der Waals surface area contributed by atoms with Gasteiger partial charge in [-0.25, -0.2) is 10.4 Å². The summed E-state index contributed by atoms with van der Waals surface area (Å²) >= 11 is 1.41. The number of hydrogen-bond donors (Lipinski definition) is 2. The number of carbonyl (C=O) groups excluding carboxylic acids is 5. The molecule has 6 heterocycles. The molecular formula is C51H69N9O7S. The molecule has 2 N–H and O–H groups in total. The number of nitrogens with zero attached hydrogens (tertiary/aromatic N) is 7. The van der Waals surface area contributed by atoms with Crippen LogP contribution in [0.1, 0.15) is 83.2 Å². The second kappa shape index (κ2) is 21.4. The molecule has 3 aromatic heterocycles. The molecule has 0 aliphatic carbocycles. The molecule has 3 aliphatic heterocycles. The highest BCUT2D eigenvalue weighted by Crippen LogP contribution is 2.42. The van der Waals surface area contributed by atoms with Gasteiger partial charge in [0.15, 0.2) is 0 Å². The molecule has 5 atom stereocenters. The van der Waals surface area contributed by atoms with E-state index in [2.05, 4.69) is 60.3 Å². The lowest BCUT2D eigenvalue weighted by molar-refractivity contribution is -0.155. The van der Waals surface area contributed by atoms with Crippen LogP contribution < -0.4 is 10.7 Å². The molecule has 366 valence electrons. The van der Waals surface area contributed by atoms with Gasteiger partial charge in [0, 0.05) is 98.4 Å². The van der Waals surface area contributed by atoms with Crippen molar-refractivity contribution < 1.29 is 33.4 Å². The summed E-state index contributed by atoms with van der Waals surface area (Å²) < 4.78 is 14.2. The zero-order chi connectivity index (χ0) is 49.0. The van der Waals surface area contributed by atoms with Crippen molar-refractivity contribution in [2.75, 3.05) is 61.0 Å². The van der Waals surface area contributed by atoms with Crippen LogP contribution in [0.4, 0.5) is 0 Å². The van der Waals surface area contributed by atoms with Crippen molar-refractivity contribution >= 4 is 51.8 Å². The van der Waals surface area contributed by atoms with Gasteiger partial charge in [0.05, 0.1) is 40.7 Å². The first kappa shape index (κ1) is 50.4. The van der Waals surface area contributed by atoms with Gasteiger partial charge in [0.2, 0.25) is 17.7 Å². The maximum Gasteiger partial charge on any atom is 0.324 e. The van der Waals surface area contributed by atoms with Gasteiger partial charge in [0.1, 0.15) is 18.1 Å². The van der Waals surface area contributed by atoms with Crippen LogP contribution in [0, 0.1) is 17.3 Å². The zero-order valence-electron chi connectivity index (χ0n) is 41.3. The van der Waals surface area contributed by atoms with Crippen LogP contribution in [0.15, 0.2) is 54.1 Å². The van der Waals surface area contributed by atoms with E-state index in [0.717, 1.165) is 44.7 Å². The average Bonchev–Trinajstić information content (AvgIpc) is 4.07. The lowest BCUT2D eigenvalue weighted by Gasteiger charge is -2.36. The lowest BCUT2D eigenvalue weighted by atomic mass is 9.84. The van der Waals surface area contributed by atoms with Crippen molar-refractivity contribution in [1.82, 2.24) is 45.0 Å². The number of aromatic nitrogens is 3. The van der Waals surface area contributed by atoms with Crippen molar-refractivity contribution in [3.8, 4) is 22.5 Å². The van der Waals surface area contributed by atoms with E-state index in [4.69, 9.17) is 19.4 Å². The first-order valence-electron chi connectivity index (χ1n) is 23.9. The van der Waals surface area contributed by atoms with Gasteiger partial charge in [-0.05, 0) is 89.4 Å². The lowest BCUT2D eigenvalue weighted by Crippen LogP contribution is -2.62. The second-order valence-electron chi connectivity index (χ2n) is 19.8. The largest absolute Gasteiger partial charge is 0.464 e. The molecular weight excluding hydrogens is 883 g/mol. The Morgan fingerprint density at radius 1 is 1.10 bits per heavy atom. The van der Waals surface area contributed by atoms with E-state index in [9.17, 15) is 24.0 Å². The number of fused-ring (bicyclic) bond motifs is 6. The first-order valence-corrected chi connectivity index (χ1v) is 24.8. The zero-order valence-corrected chi connectivity index (χ0v) is 42.2. The van der Waals surface area contributed by atoms with E-state index in [-0.39, 0.29) is 43.4 Å². The molecule has 1 aromatic carbocycles. The summed E-state index contributed by atoms with van der Waals surface area (Å²) in [5.74, 6) is -2.53. The minimum atomic E-state index is -1.08. The highest BCUT2D eigenvalue weighted by atomic mass is 32.1. The number of hydrazine groups is 1. The van der Waals surface area contributed by atoms with Crippen LogP contribution in [0.3, 0.4) is 0 Å². The second-order valence-corrected chi connectivity index (χ2v) is 20.8. The molecule has 0 radical (unpaired) electrons. The van der Waals surface area contributed by atoms with E-state index in [0.29, 0.717) is 56.9 Å². The third kappa shape index (κ3) is 11.0. The number of cyclic esters (lactones) is 1. The molecule has 0 spiro atoms. The minimum absolute atomic E-state index is 0.0750. The Kier molecular flexibility index (Phi) is 15.9. The normalized spacial score (nSPS) is 21.0. The van der Waals surface area contributed by atoms with Crippen molar-refractivity contribution in [3.63, 3.8) is 0 Å². The molecule has 4 amide bonds. The molecule has 1 unspecified atom stereocenters. The van der Waals surface area contributed by atoms with Crippen LogP contribution in [0.25, 0.3) is 33.4 Å². The monoisotopic (exact) mass is 952 g/mol. The molecule has 68 heavy (non-hydrogen) atoms. The van der Waals surface area contributed by atoms with Crippen molar-refractivity contribution in [3.05, 3.63) is 70.3 Å². The number of likely N-dealkylation sites (N-methyl/N-ethyl adjacent to an activating group) is 2. The quantitative estimate of drug-likeness (QED) is 0.133. The standard InChI is InChI=1S/C51H69N9O7S/c1-11-59-41-19-18-33-25-36(41)37(46(59)35-15-12-21-52-44(35)32(4)66-10)27-51(5,6)30-67-50(65)38-16-13-23-60(55-38)49(64)39(26-42-53-40(33)29-68-42)54-47(62)45(31(2)3)57(9)48(63)34-20-24-58(28-34)43(61)17-14-22-56(7)8/h12,14-15,17-19,21,25,29,31-32,34,38-39,45,55H,11,13,16,20,22-24,26-28,30H2,1-10H3,(H,54,62)/b17-14+/t32-,34-,38-,39-,45?/m0/s1. The van der Waals surface area contributed by atoms with Gasteiger partial charge in [-0.3, -0.25) is 34.0 Å². The third-order valence-electron chi connectivity index (χ3n) is 13.4. The van der Waals surface area contributed by atoms with Crippen molar-refractivity contribution in [2.24, 2.45) is 17.3 Å². The van der Waals surface area contributed by atoms with E-state index in [1.54, 1.807) is 37.4 Å². The van der Waals surface area contributed by atoms with Gasteiger partial charge in [-0.2, -0.15) is 0 Å². The predicted octanol–water partition coefficient (Wildman–Crippen LogP) is 5.65. The fourth-order valence-electron chi connectivity index (χ4n) is 9.80. The number of nitrogens with one attached hydrogen (secondary N) is 2. The van der Waals surface area contributed by atoms with Gasteiger partial charge < -0.3 is 34.1 Å². The summed E-state index contributed by atoms with van der Waals surface area (Å²) in [6.45, 7) is 14.5. The molecule has 3 aliphatic rings. The smallest absolute Gasteiger partial charge is 0.324 e. The summed E-state index contributed by atoms with van der Waals surface area (Å²) in [7, 11) is 7.15. The molecule has 16 nitrogen and oxygen atoms in total.